The van der Waals surface area contributed by atoms with Crippen molar-refractivity contribution in [3.05, 3.63) is 0 Å². The average molecular weight is 275 g/mol. The van der Waals surface area contributed by atoms with E-state index in [2.05, 4.69) is 35.4 Å². The Bertz CT molecular complexity index is 153. The normalized spacial score (nSPS) is 46.5. The zero-order valence-electron chi connectivity index (χ0n) is 6.86. The molecule has 2 aliphatic rings. The average Bonchev–Trinajstić information content (AvgIpc) is 1.93. The third-order valence-corrected chi connectivity index (χ3v) is 14.3. The minimum Gasteiger partial charge on any atom is -0.0903 e. The van der Waals surface area contributed by atoms with E-state index in [9.17, 15) is 0 Å². The Kier molecular flexibility index (Phi) is 3.47. The third-order valence-electron chi connectivity index (χ3n) is 1.51. The van der Waals surface area contributed by atoms with E-state index in [1.807, 2.05) is 43.2 Å². The van der Waals surface area contributed by atoms with Gasteiger partial charge in [-0.2, -0.15) is 0 Å². The number of rotatable bonds is 3. The highest BCUT2D eigenvalue weighted by atomic mass is 33.2. The fourth-order valence-electron chi connectivity index (χ4n) is 0.702. The van der Waals surface area contributed by atoms with Crippen molar-refractivity contribution in [1.82, 2.24) is 0 Å². The van der Waals surface area contributed by atoms with Gasteiger partial charge in [0, 0.05) is 11.5 Å². The summed E-state index contributed by atoms with van der Waals surface area (Å²) in [7, 11) is 12.2. The van der Waals surface area contributed by atoms with Crippen LogP contribution in [0.5, 0.6) is 0 Å². The molecular formula is C6H10S6. The Hall–Kier alpha value is 2.10. The lowest BCUT2D eigenvalue weighted by atomic mass is 10.5. The molecule has 0 saturated carbocycles. The predicted octanol–water partition coefficient (Wildman–Crippen LogP) is 4.59. The van der Waals surface area contributed by atoms with E-state index in [4.69, 9.17) is 0 Å². The molecule has 2 saturated heterocycles. The molecule has 2 fully saturated rings. The van der Waals surface area contributed by atoms with E-state index in [-0.39, 0.29) is 0 Å². The minimum absolute atomic E-state index is 0.499. The van der Waals surface area contributed by atoms with Gasteiger partial charge in [-0.25, -0.2) is 0 Å². The summed E-state index contributed by atoms with van der Waals surface area (Å²) >= 11 is 0. The topological polar surface area (TPSA) is 0 Å². The van der Waals surface area contributed by atoms with Crippen LogP contribution < -0.4 is 0 Å². The van der Waals surface area contributed by atoms with Crippen LogP contribution in [0.4, 0.5) is 0 Å². The van der Waals surface area contributed by atoms with Crippen molar-refractivity contribution < 1.29 is 0 Å². The van der Waals surface area contributed by atoms with Crippen LogP contribution in [0.1, 0.15) is 13.8 Å². The Morgan fingerprint density at radius 1 is 0.917 bits per heavy atom. The van der Waals surface area contributed by atoms with Gasteiger partial charge >= 0.3 is 0 Å². The molecule has 0 aliphatic carbocycles. The first kappa shape index (κ1) is 10.6. The maximum absolute atomic E-state index is 2.35. The molecule has 12 heavy (non-hydrogen) atoms. The van der Waals surface area contributed by atoms with Gasteiger partial charge in [-0.1, -0.05) is 64.8 Å². The molecule has 0 spiro atoms. The molecule has 2 unspecified atom stereocenters. The molecule has 0 bridgehead atoms. The fourth-order valence-corrected chi connectivity index (χ4v) is 11.5. The minimum atomic E-state index is 0.499. The molecule has 0 N–H and O–H groups in total. The van der Waals surface area contributed by atoms with Crippen molar-refractivity contribution in [2.75, 3.05) is 11.5 Å². The molecule has 2 heterocycles. The van der Waals surface area contributed by atoms with Crippen molar-refractivity contribution in [2.24, 2.45) is 0 Å². The molecule has 2 atom stereocenters. The Labute approximate surface area is 97.5 Å². The quantitative estimate of drug-likeness (QED) is 0.685. The van der Waals surface area contributed by atoms with E-state index in [0.29, 0.717) is 8.16 Å². The van der Waals surface area contributed by atoms with Gasteiger partial charge in [-0.15, -0.1) is 0 Å². The maximum Gasteiger partial charge on any atom is 0.0888 e. The van der Waals surface area contributed by atoms with Gasteiger partial charge in [0.2, 0.25) is 0 Å². The van der Waals surface area contributed by atoms with E-state index in [1.165, 1.54) is 11.5 Å². The smallest absolute Gasteiger partial charge is 0.0888 e. The molecular weight excluding hydrogens is 264 g/mol. The zero-order valence-corrected chi connectivity index (χ0v) is 11.8. The number of hydrogen-bond acceptors (Lipinski definition) is 6. The molecule has 0 radical (unpaired) electrons. The van der Waals surface area contributed by atoms with Gasteiger partial charge < -0.3 is 0 Å². The summed E-state index contributed by atoms with van der Waals surface area (Å²) in [5, 5.41) is 0. The van der Waals surface area contributed by atoms with Crippen LogP contribution in [-0.2, 0) is 0 Å². The Balaban J connectivity index is 1.74. The summed E-state index contributed by atoms with van der Waals surface area (Å²) in [5.41, 5.74) is 0. The van der Waals surface area contributed by atoms with E-state index >= 15 is 0 Å². The first-order valence-electron chi connectivity index (χ1n) is 3.60. The van der Waals surface area contributed by atoms with E-state index in [0.717, 1.165) is 0 Å². The summed E-state index contributed by atoms with van der Waals surface area (Å²) in [4.78, 5) is 0. The van der Waals surface area contributed by atoms with E-state index < -0.39 is 0 Å². The van der Waals surface area contributed by atoms with Crippen molar-refractivity contribution in [1.29, 1.82) is 0 Å². The van der Waals surface area contributed by atoms with Gasteiger partial charge in [-0.05, 0) is 13.8 Å². The van der Waals surface area contributed by atoms with Gasteiger partial charge in [0.15, 0.2) is 0 Å². The summed E-state index contributed by atoms with van der Waals surface area (Å²) in [6, 6.07) is 0. The molecule has 2 aliphatic heterocycles. The highest BCUT2D eigenvalue weighted by Crippen LogP contribution is 2.66. The standard InChI is InChI=1S/C6H10S6/c1-5(3-7-9-5)11-12-6(2)4-8-10-6/h3-4H2,1-2H3. The third kappa shape index (κ3) is 2.37. The van der Waals surface area contributed by atoms with Gasteiger partial charge in [0.1, 0.15) is 0 Å². The second kappa shape index (κ2) is 3.93. The molecule has 0 aromatic rings. The predicted molar refractivity (Wildman–Crippen MR) is 72.1 cm³/mol. The van der Waals surface area contributed by atoms with Crippen LogP contribution in [0.15, 0.2) is 0 Å². The maximum atomic E-state index is 2.35. The first-order chi connectivity index (χ1) is 5.62. The highest BCUT2D eigenvalue weighted by molar-refractivity contribution is 8.92. The second-order valence-electron chi connectivity index (χ2n) is 3.13. The largest absolute Gasteiger partial charge is 0.0903 e. The highest BCUT2D eigenvalue weighted by Gasteiger charge is 2.41. The number of hydrogen-bond donors (Lipinski definition) is 0. The molecule has 2 rings (SSSR count). The van der Waals surface area contributed by atoms with Crippen molar-refractivity contribution >= 4 is 64.8 Å². The van der Waals surface area contributed by atoms with Gasteiger partial charge in [-0.3, -0.25) is 0 Å². The summed E-state index contributed by atoms with van der Waals surface area (Å²) in [6.45, 7) is 4.71. The molecule has 0 aromatic carbocycles. The van der Waals surface area contributed by atoms with Crippen LogP contribution in [0.25, 0.3) is 0 Å². The molecule has 6 heteroatoms. The summed E-state index contributed by atoms with van der Waals surface area (Å²) < 4.78 is 0.998. The Morgan fingerprint density at radius 3 is 1.42 bits per heavy atom. The Morgan fingerprint density at radius 2 is 1.25 bits per heavy atom. The van der Waals surface area contributed by atoms with Crippen LogP contribution in [0.2, 0.25) is 0 Å². The lowest BCUT2D eigenvalue weighted by Crippen LogP contribution is -2.28. The summed E-state index contributed by atoms with van der Waals surface area (Å²) in [6.07, 6.45) is 0. The first-order valence-corrected chi connectivity index (χ1v) is 10.4. The molecule has 0 nitrogen and oxygen atoms in total. The van der Waals surface area contributed by atoms with Crippen molar-refractivity contribution in [3.8, 4) is 0 Å². The molecule has 0 aromatic heterocycles. The molecule has 0 amide bonds. The summed E-state index contributed by atoms with van der Waals surface area (Å²) in [5.74, 6) is 2.62. The van der Waals surface area contributed by atoms with Crippen molar-refractivity contribution in [2.45, 2.75) is 22.0 Å². The van der Waals surface area contributed by atoms with E-state index in [1.54, 1.807) is 0 Å². The SMILES string of the molecule is CC1(SSC2(C)CSS2)CSS1. The van der Waals surface area contributed by atoms with Crippen LogP contribution >= 0.6 is 64.8 Å². The zero-order chi connectivity index (χ0) is 8.66. The second-order valence-corrected chi connectivity index (χ2v) is 12.4. The monoisotopic (exact) mass is 274 g/mol. The van der Waals surface area contributed by atoms with Crippen LogP contribution in [0, 0.1) is 0 Å². The van der Waals surface area contributed by atoms with Crippen LogP contribution in [0.3, 0.4) is 0 Å². The van der Waals surface area contributed by atoms with Gasteiger partial charge in [0.25, 0.3) is 0 Å². The molecule has 70 valence electrons. The lowest BCUT2D eigenvalue weighted by Gasteiger charge is -2.40. The van der Waals surface area contributed by atoms with Crippen LogP contribution in [-0.4, -0.2) is 19.7 Å². The fraction of sp³-hybridized carbons (Fsp3) is 1.00. The van der Waals surface area contributed by atoms with Gasteiger partial charge in [0.05, 0.1) is 8.16 Å². The lowest BCUT2D eigenvalue weighted by molar-refractivity contribution is 1.04. The van der Waals surface area contributed by atoms with Crippen molar-refractivity contribution in [3.63, 3.8) is 0 Å².